The third-order valence-corrected chi connectivity index (χ3v) is 4.86. The molecule has 8 nitrogen and oxygen atoms in total. The molecule has 2 aromatic rings. The number of thiazole rings is 1. The molecule has 0 spiro atoms. The highest BCUT2D eigenvalue weighted by Crippen LogP contribution is 2.11. The van der Waals surface area contributed by atoms with E-state index in [1.807, 2.05) is 6.07 Å². The summed E-state index contributed by atoms with van der Waals surface area (Å²) in [6, 6.07) is 7.00. The van der Waals surface area contributed by atoms with Gasteiger partial charge in [0.2, 0.25) is 11.8 Å². The Morgan fingerprint density at radius 1 is 1.18 bits per heavy atom. The molecule has 0 saturated carbocycles. The molecule has 2 amide bonds. The number of thiol groups is 1. The van der Waals surface area contributed by atoms with Gasteiger partial charge in [-0.15, -0.1) is 11.3 Å². The number of carbonyl (C=O) groups is 3. The fourth-order valence-corrected chi connectivity index (χ4v) is 3.35. The van der Waals surface area contributed by atoms with E-state index >= 15 is 0 Å². The third-order valence-electron chi connectivity index (χ3n) is 3.88. The summed E-state index contributed by atoms with van der Waals surface area (Å²) < 4.78 is 0. The van der Waals surface area contributed by atoms with E-state index in [4.69, 9.17) is 5.73 Å². The number of nitrogen functional groups attached to an aromatic ring is 1. The largest absolute Gasteiger partial charge is 0.480 e. The first kappa shape index (κ1) is 21.7. The van der Waals surface area contributed by atoms with Gasteiger partial charge in [0.15, 0.2) is 5.13 Å². The summed E-state index contributed by atoms with van der Waals surface area (Å²) >= 11 is 5.34. The second-order valence-electron chi connectivity index (χ2n) is 6.08. The highest BCUT2D eigenvalue weighted by molar-refractivity contribution is 7.80. The summed E-state index contributed by atoms with van der Waals surface area (Å²) in [6.45, 7) is 0. The van der Waals surface area contributed by atoms with Crippen LogP contribution in [0, 0.1) is 0 Å². The Bertz CT molecular complexity index is 813. The number of rotatable bonds is 10. The second-order valence-corrected chi connectivity index (χ2v) is 7.41. The Hall–Kier alpha value is -2.59. The topological polar surface area (TPSA) is 134 Å². The number of nitrogens with zero attached hydrogens (tertiary/aromatic N) is 1. The van der Waals surface area contributed by atoms with Crippen LogP contribution in [0.1, 0.15) is 17.7 Å². The molecule has 2 rings (SSSR count). The van der Waals surface area contributed by atoms with E-state index in [0.29, 0.717) is 16.6 Å². The molecule has 5 N–H and O–H groups in total. The smallest absolute Gasteiger partial charge is 0.326 e. The molecule has 28 heavy (non-hydrogen) atoms. The van der Waals surface area contributed by atoms with Crippen LogP contribution < -0.4 is 16.4 Å². The van der Waals surface area contributed by atoms with Crippen molar-refractivity contribution in [1.29, 1.82) is 0 Å². The van der Waals surface area contributed by atoms with E-state index in [-0.39, 0.29) is 19.3 Å². The summed E-state index contributed by atoms with van der Waals surface area (Å²) in [5.74, 6) is -1.77. The average molecular weight is 423 g/mol. The maximum absolute atomic E-state index is 12.6. The highest BCUT2D eigenvalue weighted by Gasteiger charge is 2.26. The monoisotopic (exact) mass is 422 g/mol. The Kier molecular flexibility index (Phi) is 8.27. The molecule has 150 valence electrons. The zero-order valence-corrected chi connectivity index (χ0v) is 16.7. The first-order valence-electron chi connectivity index (χ1n) is 8.56. The Morgan fingerprint density at radius 3 is 2.46 bits per heavy atom. The van der Waals surface area contributed by atoms with Crippen LogP contribution in [0.4, 0.5) is 5.13 Å². The molecule has 0 fully saturated rings. The van der Waals surface area contributed by atoms with Gasteiger partial charge in [0.25, 0.3) is 0 Å². The number of aromatic nitrogens is 1. The molecule has 0 aliphatic carbocycles. The summed E-state index contributed by atoms with van der Waals surface area (Å²) in [5.41, 5.74) is 6.84. The minimum absolute atomic E-state index is 0.0174. The lowest BCUT2D eigenvalue weighted by molar-refractivity contribution is -0.142. The number of benzene rings is 1. The minimum Gasteiger partial charge on any atom is -0.480 e. The molecular weight excluding hydrogens is 400 g/mol. The molecular formula is C18H22N4O4S2. The van der Waals surface area contributed by atoms with E-state index in [1.54, 1.807) is 29.6 Å². The van der Waals surface area contributed by atoms with E-state index in [9.17, 15) is 19.5 Å². The zero-order chi connectivity index (χ0) is 20.5. The van der Waals surface area contributed by atoms with Gasteiger partial charge in [0.05, 0.1) is 12.1 Å². The highest BCUT2D eigenvalue weighted by atomic mass is 32.1. The number of hydrogen-bond acceptors (Lipinski definition) is 7. The fourth-order valence-electron chi connectivity index (χ4n) is 2.53. The van der Waals surface area contributed by atoms with Crippen LogP contribution in [-0.4, -0.2) is 45.7 Å². The van der Waals surface area contributed by atoms with Crippen molar-refractivity contribution in [2.75, 3.05) is 11.5 Å². The van der Waals surface area contributed by atoms with Gasteiger partial charge in [-0.3, -0.25) is 9.59 Å². The van der Waals surface area contributed by atoms with Crippen molar-refractivity contribution in [2.45, 2.75) is 31.3 Å². The van der Waals surface area contributed by atoms with Gasteiger partial charge in [-0.05, 0) is 17.7 Å². The molecule has 1 aromatic heterocycles. The lowest BCUT2D eigenvalue weighted by Gasteiger charge is -2.21. The number of carboxylic acid groups (broad SMARTS) is 1. The lowest BCUT2D eigenvalue weighted by atomic mass is 10.1. The number of aliphatic carboxylic acids is 1. The number of carboxylic acids is 1. The van der Waals surface area contributed by atoms with Crippen molar-refractivity contribution in [2.24, 2.45) is 0 Å². The van der Waals surface area contributed by atoms with Gasteiger partial charge in [-0.2, -0.15) is 12.6 Å². The van der Waals surface area contributed by atoms with Crippen LogP contribution in [0.3, 0.4) is 0 Å². The molecule has 10 heteroatoms. The molecule has 0 aliphatic rings. The minimum atomic E-state index is -1.15. The summed E-state index contributed by atoms with van der Waals surface area (Å²) in [7, 11) is 0. The van der Waals surface area contributed by atoms with Gasteiger partial charge in [-0.25, -0.2) is 9.78 Å². The van der Waals surface area contributed by atoms with E-state index in [2.05, 4.69) is 28.2 Å². The molecule has 2 atom stereocenters. The van der Waals surface area contributed by atoms with Crippen LogP contribution in [-0.2, 0) is 27.2 Å². The number of amides is 2. The molecule has 0 saturated heterocycles. The van der Waals surface area contributed by atoms with Crippen LogP contribution in [0.2, 0.25) is 0 Å². The van der Waals surface area contributed by atoms with Gasteiger partial charge >= 0.3 is 5.97 Å². The van der Waals surface area contributed by atoms with E-state index < -0.39 is 29.9 Å². The molecule has 1 aromatic carbocycles. The Morgan fingerprint density at radius 2 is 1.89 bits per heavy atom. The van der Waals surface area contributed by atoms with Gasteiger partial charge in [0.1, 0.15) is 12.1 Å². The number of nitrogens with two attached hydrogens (primary N) is 1. The van der Waals surface area contributed by atoms with Crippen LogP contribution in [0.25, 0.3) is 0 Å². The lowest BCUT2D eigenvalue weighted by Crippen LogP contribution is -2.52. The molecule has 0 bridgehead atoms. The first-order valence-corrected chi connectivity index (χ1v) is 10.1. The molecule has 1 heterocycles. The quantitative estimate of drug-likeness (QED) is 0.361. The van der Waals surface area contributed by atoms with Crippen LogP contribution in [0.5, 0.6) is 0 Å². The summed E-state index contributed by atoms with van der Waals surface area (Å²) in [6.07, 6.45) is 0.384. The Balaban J connectivity index is 1.99. The second kappa shape index (κ2) is 10.7. The number of nitrogens with one attached hydrogen (secondary N) is 2. The SMILES string of the molecule is Nc1nc(CC(=O)NC(CCS)C(=O)N[C@H](Cc2ccccc2)C(=O)O)cs1. The third kappa shape index (κ3) is 6.86. The predicted molar refractivity (Wildman–Crippen MR) is 110 cm³/mol. The van der Waals surface area contributed by atoms with Gasteiger partial charge < -0.3 is 21.5 Å². The number of carbonyl (C=O) groups excluding carboxylic acids is 2. The predicted octanol–water partition coefficient (Wildman–Crippen LogP) is 0.885. The molecule has 0 radical (unpaired) electrons. The Labute approximate surface area is 172 Å². The van der Waals surface area contributed by atoms with Crippen molar-refractivity contribution in [1.82, 2.24) is 15.6 Å². The number of anilines is 1. The van der Waals surface area contributed by atoms with Crippen molar-refractivity contribution in [3.05, 3.63) is 47.0 Å². The summed E-state index contributed by atoms with van der Waals surface area (Å²) in [4.78, 5) is 40.3. The van der Waals surface area contributed by atoms with Crippen LogP contribution >= 0.6 is 24.0 Å². The van der Waals surface area contributed by atoms with Gasteiger partial charge in [-0.1, -0.05) is 30.3 Å². The van der Waals surface area contributed by atoms with Crippen molar-refractivity contribution >= 4 is 46.9 Å². The standard InChI is InChI=1S/C18H22N4O4S2/c19-18-20-12(10-28-18)9-15(23)21-13(6-7-27)16(24)22-14(17(25)26)8-11-4-2-1-3-5-11/h1-5,10,13-14,27H,6-9H2,(H2,19,20)(H,21,23)(H,22,24)(H,25,26)/t13?,14-/m1/s1. The van der Waals surface area contributed by atoms with Crippen molar-refractivity contribution < 1.29 is 19.5 Å². The number of hydrogen-bond donors (Lipinski definition) is 5. The zero-order valence-electron chi connectivity index (χ0n) is 15.0. The first-order chi connectivity index (χ1) is 13.4. The fraction of sp³-hybridized carbons (Fsp3) is 0.333. The molecule has 1 unspecified atom stereocenters. The average Bonchev–Trinajstić information content (AvgIpc) is 3.06. The van der Waals surface area contributed by atoms with Crippen molar-refractivity contribution in [3.8, 4) is 0 Å². The normalized spacial score (nSPS) is 12.8. The van der Waals surface area contributed by atoms with Crippen LogP contribution in [0.15, 0.2) is 35.7 Å². The van der Waals surface area contributed by atoms with Gasteiger partial charge in [0, 0.05) is 11.8 Å². The maximum atomic E-state index is 12.6. The maximum Gasteiger partial charge on any atom is 0.326 e. The summed E-state index contributed by atoms with van der Waals surface area (Å²) in [5, 5.41) is 16.6. The van der Waals surface area contributed by atoms with Crippen molar-refractivity contribution in [3.63, 3.8) is 0 Å². The van der Waals surface area contributed by atoms with E-state index in [0.717, 1.165) is 5.56 Å². The molecule has 0 aliphatic heterocycles. The van der Waals surface area contributed by atoms with E-state index in [1.165, 1.54) is 11.3 Å².